The maximum absolute atomic E-state index is 11.2. The van der Waals surface area contributed by atoms with Gasteiger partial charge in [0.25, 0.3) is 6.47 Å². The molecular formula is C18H21Br2NO7. The third-order valence-corrected chi connectivity index (χ3v) is 5.30. The lowest BCUT2D eigenvalue weighted by atomic mass is 10.1. The molecular weight excluding hydrogens is 502 g/mol. The Morgan fingerprint density at radius 2 is 2.07 bits per heavy atom. The van der Waals surface area contributed by atoms with Crippen molar-refractivity contribution in [3.05, 3.63) is 21.2 Å². The number of carbonyl (C=O) groups is 2. The van der Waals surface area contributed by atoms with Crippen molar-refractivity contribution in [2.45, 2.75) is 45.2 Å². The maximum Gasteiger partial charge on any atom is 0.302 e. The van der Waals surface area contributed by atoms with Crippen molar-refractivity contribution in [3.63, 3.8) is 0 Å². The van der Waals surface area contributed by atoms with Crippen LogP contribution < -0.4 is 4.74 Å². The molecule has 0 aliphatic carbocycles. The minimum atomic E-state index is -0.533. The van der Waals surface area contributed by atoms with Crippen LogP contribution in [-0.2, 0) is 23.8 Å². The van der Waals surface area contributed by atoms with E-state index in [1.54, 1.807) is 12.3 Å². The molecule has 0 amide bonds. The zero-order chi connectivity index (χ0) is 20.8. The first-order valence-corrected chi connectivity index (χ1v) is 9.99. The molecule has 1 saturated heterocycles. The lowest BCUT2D eigenvalue weighted by molar-refractivity contribution is -0.185. The summed E-state index contributed by atoms with van der Waals surface area (Å²) in [5.41, 5.74) is 0.807. The monoisotopic (exact) mass is 521 g/mol. The Kier molecular flexibility index (Phi) is 8.14. The van der Waals surface area contributed by atoms with Gasteiger partial charge < -0.3 is 29.0 Å². The van der Waals surface area contributed by atoms with Crippen molar-refractivity contribution in [1.82, 2.24) is 4.98 Å². The number of H-pyrrole nitrogens is 1. The molecule has 10 heteroatoms. The summed E-state index contributed by atoms with van der Waals surface area (Å²) in [6.45, 7) is 3.69. The van der Waals surface area contributed by atoms with Crippen LogP contribution in [0.25, 0.3) is 10.9 Å². The van der Waals surface area contributed by atoms with Crippen LogP contribution in [0.2, 0.25) is 0 Å². The number of phenolic OH excluding ortho intramolecular Hbond substituents is 1. The van der Waals surface area contributed by atoms with Crippen molar-refractivity contribution in [3.8, 4) is 11.5 Å². The van der Waals surface area contributed by atoms with Gasteiger partial charge in [0.05, 0.1) is 33.1 Å². The Balaban J connectivity index is 0.000000640. The van der Waals surface area contributed by atoms with Crippen LogP contribution in [0.1, 0.15) is 26.7 Å². The first kappa shape index (κ1) is 22.5. The van der Waals surface area contributed by atoms with Crippen LogP contribution in [0, 0.1) is 0 Å². The predicted octanol–water partition coefficient (Wildman–Crippen LogP) is 4.02. The van der Waals surface area contributed by atoms with E-state index in [-0.39, 0.29) is 23.9 Å². The van der Waals surface area contributed by atoms with E-state index < -0.39 is 6.29 Å². The molecule has 0 spiro atoms. The number of nitrogens with one attached hydrogen (secondary N) is 1. The Morgan fingerprint density at radius 1 is 1.39 bits per heavy atom. The molecule has 0 saturated carbocycles. The number of methoxy groups -OCH3 is 1. The number of hydrogen-bond acceptors (Lipinski definition) is 7. The van der Waals surface area contributed by atoms with E-state index >= 15 is 0 Å². The van der Waals surface area contributed by atoms with E-state index in [0.717, 1.165) is 10.9 Å². The van der Waals surface area contributed by atoms with Gasteiger partial charge in [-0.25, -0.2) is 0 Å². The second kappa shape index (κ2) is 10.1. The molecule has 3 rings (SSSR count). The van der Waals surface area contributed by atoms with Crippen molar-refractivity contribution >= 4 is 55.2 Å². The number of benzene rings is 1. The van der Waals surface area contributed by atoms with E-state index in [0.29, 0.717) is 34.0 Å². The number of hydrogen-bond donors (Lipinski definition) is 2. The Hall–Kier alpha value is -1.78. The molecule has 2 N–H and O–H groups in total. The standard InChI is InChI=1S/C16H17Br2NO5.C2H4O2/c1-7-3-9(23-8(2)20)4-13(22-7)24-12-6-19-11-5-10(17)16(21)15(18)14(11)12;1-4-2-3/h5-7,9,13,19,21H,3-4H2,1-2H3;2H,1H3. The lowest BCUT2D eigenvalue weighted by Crippen LogP contribution is -2.39. The molecule has 2 aromatic rings. The average molecular weight is 523 g/mol. The van der Waals surface area contributed by atoms with Gasteiger partial charge in [-0.2, -0.15) is 0 Å². The summed E-state index contributed by atoms with van der Waals surface area (Å²) in [5.74, 6) is 0.348. The highest BCUT2D eigenvalue weighted by Crippen LogP contribution is 2.43. The molecule has 3 unspecified atom stereocenters. The highest BCUT2D eigenvalue weighted by Gasteiger charge is 2.31. The minimum Gasteiger partial charge on any atom is -0.506 e. The SMILES string of the molecule is CC(=O)OC1CC(C)OC(Oc2c[nH]c3cc(Br)c(O)c(Br)c23)C1.COC=O. The van der Waals surface area contributed by atoms with Gasteiger partial charge in [-0.3, -0.25) is 9.59 Å². The summed E-state index contributed by atoms with van der Waals surface area (Å²) < 4.78 is 22.0. The first-order chi connectivity index (χ1) is 13.3. The molecule has 3 atom stereocenters. The molecule has 1 aromatic heterocycles. The predicted molar refractivity (Wildman–Crippen MR) is 108 cm³/mol. The van der Waals surface area contributed by atoms with Crippen LogP contribution in [0.15, 0.2) is 21.2 Å². The number of phenols is 1. The minimum absolute atomic E-state index is 0.0794. The summed E-state index contributed by atoms with van der Waals surface area (Å²) >= 11 is 6.69. The van der Waals surface area contributed by atoms with E-state index in [4.69, 9.17) is 19.0 Å². The van der Waals surface area contributed by atoms with E-state index in [1.165, 1.54) is 14.0 Å². The largest absolute Gasteiger partial charge is 0.506 e. The molecule has 1 fully saturated rings. The smallest absolute Gasteiger partial charge is 0.302 e. The van der Waals surface area contributed by atoms with Gasteiger partial charge in [-0.05, 0) is 44.8 Å². The van der Waals surface area contributed by atoms with Gasteiger partial charge in [0.15, 0.2) is 0 Å². The molecule has 0 radical (unpaired) electrons. The van der Waals surface area contributed by atoms with Crippen LogP contribution in [0.5, 0.6) is 11.5 Å². The fraction of sp³-hybridized carbons (Fsp3) is 0.444. The molecule has 0 bridgehead atoms. The average Bonchev–Trinajstić information content (AvgIpc) is 3.01. The summed E-state index contributed by atoms with van der Waals surface area (Å²) in [5, 5.41) is 10.8. The normalized spacial score (nSPS) is 21.4. The number of aromatic nitrogens is 1. The molecule has 1 aromatic carbocycles. The van der Waals surface area contributed by atoms with Crippen molar-refractivity contribution < 1.29 is 33.6 Å². The second-order valence-electron chi connectivity index (χ2n) is 6.13. The quantitative estimate of drug-likeness (QED) is 0.461. The summed E-state index contributed by atoms with van der Waals surface area (Å²) in [7, 11) is 1.31. The number of fused-ring (bicyclic) bond motifs is 1. The van der Waals surface area contributed by atoms with Crippen LogP contribution in [0.3, 0.4) is 0 Å². The van der Waals surface area contributed by atoms with Crippen molar-refractivity contribution in [2.75, 3.05) is 7.11 Å². The van der Waals surface area contributed by atoms with E-state index in [9.17, 15) is 9.90 Å². The van der Waals surface area contributed by atoms with Gasteiger partial charge in [0.1, 0.15) is 17.6 Å². The topological polar surface area (TPSA) is 107 Å². The zero-order valence-electron chi connectivity index (χ0n) is 15.5. The number of carbonyl (C=O) groups excluding carboxylic acids is 2. The third-order valence-electron chi connectivity index (χ3n) is 3.92. The fourth-order valence-electron chi connectivity index (χ4n) is 2.87. The zero-order valence-corrected chi connectivity index (χ0v) is 18.7. The summed E-state index contributed by atoms with van der Waals surface area (Å²) in [6, 6.07) is 1.77. The number of rotatable bonds is 4. The molecule has 2 heterocycles. The van der Waals surface area contributed by atoms with Crippen LogP contribution >= 0.6 is 31.9 Å². The maximum atomic E-state index is 11.2. The number of aromatic hydroxyl groups is 1. The van der Waals surface area contributed by atoms with Gasteiger partial charge >= 0.3 is 5.97 Å². The Labute approximate surface area is 178 Å². The number of esters is 1. The molecule has 154 valence electrons. The van der Waals surface area contributed by atoms with E-state index in [1.807, 2.05) is 6.92 Å². The molecule has 1 aliphatic heterocycles. The van der Waals surface area contributed by atoms with Gasteiger partial charge in [0, 0.05) is 26.0 Å². The molecule has 8 nitrogen and oxygen atoms in total. The van der Waals surface area contributed by atoms with Gasteiger partial charge in [-0.1, -0.05) is 0 Å². The molecule has 1 aliphatic rings. The molecule has 28 heavy (non-hydrogen) atoms. The third kappa shape index (κ3) is 5.62. The lowest BCUT2D eigenvalue weighted by Gasteiger charge is -2.33. The van der Waals surface area contributed by atoms with E-state index in [2.05, 4.69) is 41.6 Å². The van der Waals surface area contributed by atoms with Gasteiger partial charge in [0.2, 0.25) is 6.29 Å². The fourth-order valence-corrected chi connectivity index (χ4v) is 4.19. The summed E-state index contributed by atoms with van der Waals surface area (Å²) in [4.78, 5) is 23.2. The summed E-state index contributed by atoms with van der Waals surface area (Å²) in [6.07, 6.45) is 1.97. The van der Waals surface area contributed by atoms with Crippen molar-refractivity contribution in [2.24, 2.45) is 0 Å². The number of aromatic amines is 1. The number of ether oxygens (including phenoxy) is 4. The van der Waals surface area contributed by atoms with Crippen LogP contribution in [0.4, 0.5) is 0 Å². The van der Waals surface area contributed by atoms with Crippen molar-refractivity contribution in [1.29, 1.82) is 0 Å². The second-order valence-corrected chi connectivity index (χ2v) is 7.77. The number of halogens is 2. The Bertz CT molecular complexity index is 839. The Morgan fingerprint density at radius 3 is 2.68 bits per heavy atom. The highest BCUT2D eigenvalue weighted by molar-refractivity contribution is 9.11. The highest BCUT2D eigenvalue weighted by atomic mass is 79.9. The first-order valence-electron chi connectivity index (χ1n) is 8.40. The van der Waals surface area contributed by atoms with Crippen LogP contribution in [-0.4, -0.2) is 48.1 Å². The van der Waals surface area contributed by atoms with Gasteiger partial charge in [-0.15, -0.1) is 0 Å².